The van der Waals surface area contributed by atoms with Crippen molar-refractivity contribution in [1.29, 1.82) is 0 Å². The summed E-state index contributed by atoms with van der Waals surface area (Å²) in [5.74, 6) is 15.6. The fourth-order valence-electron chi connectivity index (χ4n) is 4.48. The van der Waals surface area contributed by atoms with Crippen molar-refractivity contribution < 1.29 is 42.9 Å². The van der Waals surface area contributed by atoms with Gasteiger partial charge in [0, 0.05) is 19.3 Å². The van der Waals surface area contributed by atoms with Crippen molar-refractivity contribution in [2.45, 2.75) is 168 Å². The second-order valence-corrected chi connectivity index (χ2v) is 15.6. The van der Waals surface area contributed by atoms with E-state index in [2.05, 4.69) is 41.5 Å². The molecule has 0 bridgehead atoms. The lowest BCUT2D eigenvalue weighted by atomic mass is 9.98. The van der Waals surface area contributed by atoms with E-state index in [9.17, 15) is 0 Å². The van der Waals surface area contributed by atoms with Crippen LogP contribution in [0.3, 0.4) is 0 Å². The van der Waals surface area contributed by atoms with Crippen LogP contribution in [0.2, 0.25) is 0 Å². The van der Waals surface area contributed by atoms with Gasteiger partial charge in [-0.2, -0.15) is 0 Å². The molecule has 0 saturated heterocycles. The monoisotopic (exact) mass is 668 g/mol. The molecule has 0 spiro atoms. The molecule has 46 heavy (non-hydrogen) atoms. The lowest BCUT2D eigenvalue weighted by molar-refractivity contribution is -0.181. The molecular formula is C34H73N3O9. The molecule has 0 aliphatic heterocycles. The minimum atomic E-state index is -0.485. The van der Waals surface area contributed by atoms with E-state index < -0.39 is 16.8 Å². The average Bonchev–Trinajstić information content (AvgIpc) is 2.95. The van der Waals surface area contributed by atoms with Crippen molar-refractivity contribution in [2.24, 2.45) is 17.7 Å². The van der Waals surface area contributed by atoms with E-state index in [1.807, 2.05) is 41.5 Å². The van der Waals surface area contributed by atoms with Crippen LogP contribution < -0.4 is 17.7 Å². The summed E-state index contributed by atoms with van der Waals surface area (Å²) in [5.41, 5.74) is -2.35. The highest BCUT2D eigenvalue weighted by molar-refractivity contribution is 4.80. The van der Waals surface area contributed by atoms with Gasteiger partial charge in [0.1, 0.15) is 6.10 Å². The Morgan fingerprint density at radius 3 is 1.13 bits per heavy atom. The molecule has 0 aromatic heterocycles. The van der Waals surface area contributed by atoms with Crippen molar-refractivity contribution in [3.05, 3.63) is 0 Å². The van der Waals surface area contributed by atoms with Crippen LogP contribution in [-0.4, -0.2) is 92.6 Å². The zero-order chi connectivity index (χ0) is 35.5. The summed E-state index contributed by atoms with van der Waals surface area (Å²) in [5, 5.41) is 0. The van der Waals surface area contributed by atoms with Crippen molar-refractivity contribution in [3.8, 4) is 0 Å². The first-order chi connectivity index (χ1) is 21.1. The van der Waals surface area contributed by atoms with Crippen molar-refractivity contribution >= 4 is 0 Å². The highest BCUT2D eigenvalue weighted by atomic mass is 16.6. The molecule has 2 atom stereocenters. The minimum Gasteiger partial charge on any atom is -0.375 e. The second-order valence-electron chi connectivity index (χ2n) is 15.6. The third kappa shape index (κ3) is 23.0. The smallest absolute Gasteiger partial charge is 0.105 e. The Bertz CT molecular complexity index is 781. The van der Waals surface area contributed by atoms with Crippen LogP contribution in [0.4, 0.5) is 0 Å². The van der Waals surface area contributed by atoms with E-state index in [1.54, 1.807) is 0 Å². The van der Waals surface area contributed by atoms with Gasteiger partial charge in [-0.05, 0) is 102 Å². The average molecular weight is 668 g/mol. The first-order valence-electron chi connectivity index (χ1n) is 17.0. The Balaban J connectivity index is 5.42. The summed E-state index contributed by atoms with van der Waals surface area (Å²) in [6.07, 6.45) is 4.75. The molecule has 0 aliphatic rings. The molecule has 0 rings (SSSR count). The van der Waals surface area contributed by atoms with Crippen LogP contribution in [-0.2, 0) is 42.9 Å². The van der Waals surface area contributed by atoms with Gasteiger partial charge in [0.15, 0.2) is 0 Å². The lowest BCUT2D eigenvalue weighted by Crippen LogP contribution is -2.43. The predicted octanol–water partition coefficient (Wildman–Crippen LogP) is 5.53. The van der Waals surface area contributed by atoms with Gasteiger partial charge in [-0.15, -0.1) is 0 Å². The molecule has 278 valence electrons. The van der Waals surface area contributed by atoms with Crippen molar-refractivity contribution in [3.63, 3.8) is 0 Å². The van der Waals surface area contributed by atoms with Crippen LogP contribution in [0.1, 0.15) is 128 Å². The highest BCUT2D eigenvalue weighted by Crippen LogP contribution is 2.27. The highest BCUT2D eigenvalue weighted by Gasteiger charge is 2.32. The Morgan fingerprint density at radius 1 is 0.413 bits per heavy atom. The number of rotatable bonds is 30. The van der Waals surface area contributed by atoms with Gasteiger partial charge >= 0.3 is 0 Å². The first kappa shape index (κ1) is 45.5. The molecule has 0 aromatic rings. The summed E-state index contributed by atoms with van der Waals surface area (Å²) in [7, 11) is 0. The van der Waals surface area contributed by atoms with E-state index in [0.29, 0.717) is 85.0 Å². The third-order valence-electron chi connectivity index (χ3n) is 8.49. The fraction of sp³-hybridized carbons (Fsp3) is 1.00. The Labute approximate surface area is 281 Å². The molecular weight excluding hydrogens is 594 g/mol. The number of hydrogen-bond acceptors (Lipinski definition) is 12. The Hall–Kier alpha value is -0.480. The Morgan fingerprint density at radius 2 is 0.739 bits per heavy atom. The van der Waals surface area contributed by atoms with Crippen molar-refractivity contribution in [1.82, 2.24) is 0 Å². The maximum absolute atomic E-state index is 6.69. The maximum atomic E-state index is 6.69. The molecule has 0 radical (unpaired) electrons. The van der Waals surface area contributed by atoms with Gasteiger partial charge in [0.05, 0.1) is 86.5 Å². The SMILES string of the molecule is CCC(C)(CCOC(C)(C)CCON)OCC(COC(C)(C)CCOC(C)(C)CCON)OC(C)(C)CCOC(C)(C)CCON. The molecule has 0 aliphatic carbocycles. The standard InChI is InChI=1S/C34H73N3O9/c1-13-34(12,19-22-40-31(6,7)18-25-45-37)42-27-28(46-33(10,11)15-21-39-30(4,5)17-24-44-36)26-41-32(8,9)14-20-38-29(2,3)16-23-43-35/h28H,13-27,35-37H2,1-12H3. The van der Waals surface area contributed by atoms with E-state index in [1.165, 1.54) is 0 Å². The quantitative estimate of drug-likeness (QED) is 0.0823. The minimum absolute atomic E-state index is 0.308. The molecule has 2 unspecified atom stereocenters. The molecule has 0 fully saturated rings. The number of nitrogens with two attached hydrogens (primary N) is 3. The normalized spacial score (nSPS) is 15.7. The molecule has 0 heterocycles. The van der Waals surface area contributed by atoms with Gasteiger partial charge in [-0.3, -0.25) is 0 Å². The van der Waals surface area contributed by atoms with Crippen LogP contribution in [0.5, 0.6) is 0 Å². The zero-order valence-corrected chi connectivity index (χ0v) is 31.6. The van der Waals surface area contributed by atoms with Gasteiger partial charge in [0.2, 0.25) is 0 Å². The van der Waals surface area contributed by atoms with Gasteiger partial charge in [-0.1, -0.05) is 6.92 Å². The topological polar surface area (TPSA) is 161 Å². The van der Waals surface area contributed by atoms with E-state index in [-0.39, 0.29) is 22.9 Å². The molecule has 0 aromatic carbocycles. The van der Waals surface area contributed by atoms with Gasteiger partial charge in [0.25, 0.3) is 0 Å². The van der Waals surface area contributed by atoms with Crippen LogP contribution in [0, 0.1) is 0 Å². The largest absolute Gasteiger partial charge is 0.375 e. The number of ether oxygens (including phenoxy) is 6. The van der Waals surface area contributed by atoms with E-state index in [0.717, 1.165) is 12.8 Å². The van der Waals surface area contributed by atoms with Gasteiger partial charge < -0.3 is 42.9 Å². The fourth-order valence-corrected chi connectivity index (χ4v) is 4.48. The summed E-state index contributed by atoms with van der Waals surface area (Å²) >= 11 is 0. The Kier molecular flexibility index (Phi) is 21.3. The molecule has 12 heteroatoms. The predicted molar refractivity (Wildman–Crippen MR) is 182 cm³/mol. The zero-order valence-electron chi connectivity index (χ0n) is 31.6. The third-order valence-corrected chi connectivity index (χ3v) is 8.49. The second kappa shape index (κ2) is 21.6. The van der Waals surface area contributed by atoms with E-state index in [4.69, 9.17) is 60.6 Å². The first-order valence-corrected chi connectivity index (χ1v) is 17.0. The molecule has 6 N–H and O–H groups in total. The summed E-state index contributed by atoms with van der Waals surface area (Å²) in [6, 6.07) is 0. The maximum Gasteiger partial charge on any atom is 0.105 e. The van der Waals surface area contributed by atoms with Gasteiger partial charge in [-0.25, -0.2) is 17.7 Å². The molecule has 12 nitrogen and oxygen atoms in total. The van der Waals surface area contributed by atoms with Crippen LogP contribution in [0.15, 0.2) is 0 Å². The number of hydrogen-bond donors (Lipinski definition) is 3. The molecule has 0 saturated carbocycles. The lowest BCUT2D eigenvalue weighted by Gasteiger charge is -2.37. The van der Waals surface area contributed by atoms with Crippen molar-refractivity contribution in [2.75, 3.05) is 52.9 Å². The van der Waals surface area contributed by atoms with Crippen LogP contribution in [0.25, 0.3) is 0 Å². The summed E-state index contributed by atoms with van der Waals surface area (Å²) < 4.78 is 38.2. The summed E-state index contributed by atoms with van der Waals surface area (Å²) in [6.45, 7) is 28.4. The molecule has 0 amide bonds. The summed E-state index contributed by atoms with van der Waals surface area (Å²) in [4.78, 5) is 14.2. The van der Waals surface area contributed by atoms with Crippen LogP contribution >= 0.6 is 0 Å². The van der Waals surface area contributed by atoms with E-state index >= 15 is 0 Å².